The third-order valence-corrected chi connectivity index (χ3v) is 8.52. The second-order valence-corrected chi connectivity index (χ2v) is 13.4. The Labute approximate surface area is 260 Å². The van der Waals surface area contributed by atoms with Crippen LogP contribution in [0.3, 0.4) is 0 Å². The molecule has 45 heavy (non-hydrogen) atoms. The Morgan fingerprint density at radius 1 is 1.04 bits per heavy atom. The lowest BCUT2D eigenvalue weighted by atomic mass is 10.0. The predicted molar refractivity (Wildman–Crippen MR) is 166 cm³/mol. The fourth-order valence-corrected chi connectivity index (χ4v) is 5.91. The van der Waals surface area contributed by atoms with Crippen molar-refractivity contribution in [1.82, 2.24) is 14.8 Å². The van der Waals surface area contributed by atoms with E-state index in [0.29, 0.717) is 42.4 Å². The number of nitrogens with two attached hydrogens (primary N) is 1. The van der Waals surface area contributed by atoms with Crippen LogP contribution in [-0.4, -0.2) is 67.1 Å². The third-order valence-electron chi connectivity index (χ3n) is 7.92. The van der Waals surface area contributed by atoms with Gasteiger partial charge in [-0.25, -0.2) is 27.0 Å². The minimum Gasteiger partial charge on any atom is -0.439 e. The number of aryl methyl sites for hydroxylation is 1. The highest BCUT2D eigenvalue weighted by molar-refractivity contribution is 7.92. The number of piperidine rings is 1. The number of urea groups is 1. The van der Waals surface area contributed by atoms with Crippen LogP contribution in [0.1, 0.15) is 47.3 Å². The van der Waals surface area contributed by atoms with Crippen LogP contribution < -0.4 is 20.5 Å². The highest BCUT2D eigenvalue weighted by atomic mass is 32.2. The summed E-state index contributed by atoms with van der Waals surface area (Å²) in [6.45, 7) is 4.60. The second kappa shape index (κ2) is 13.4. The minimum atomic E-state index is -3.37. The van der Waals surface area contributed by atoms with E-state index in [1.165, 1.54) is 0 Å². The Hall–Kier alpha value is -4.30. The molecule has 0 atom stereocenters. The largest absolute Gasteiger partial charge is 0.439 e. The van der Waals surface area contributed by atoms with E-state index in [2.05, 4.69) is 19.9 Å². The highest BCUT2D eigenvalue weighted by Gasteiger charge is 2.33. The molecule has 0 radical (unpaired) electrons. The Bertz CT molecular complexity index is 1680. The van der Waals surface area contributed by atoms with Crippen molar-refractivity contribution in [2.45, 2.75) is 45.2 Å². The van der Waals surface area contributed by atoms with Crippen LogP contribution in [0.2, 0.25) is 0 Å². The van der Waals surface area contributed by atoms with Crippen molar-refractivity contribution in [2.24, 2.45) is 11.7 Å². The van der Waals surface area contributed by atoms with Crippen molar-refractivity contribution >= 4 is 33.3 Å². The van der Waals surface area contributed by atoms with E-state index in [4.69, 9.17) is 10.5 Å². The molecule has 2 fully saturated rings. The average Bonchev–Trinajstić information content (AvgIpc) is 3.79. The van der Waals surface area contributed by atoms with Crippen LogP contribution in [-0.2, 0) is 16.6 Å². The maximum absolute atomic E-state index is 14.5. The van der Waals surface area contributed by atoms with Crippen molar-refractivity contribution < 1.29 is 31.5 Å². The lowest BCUT2D eigenvalue weighted by molar-refractivity contribution is 0.0996. The minimum absolute atomic E-state index is 0.0602. The van der Waals surface area contributed by atoms with Crippen molar-refractivity contribution in [3.05, 3.63) is 77.0 Å². The Kier molecular flexibility index (Phi) is 9.53. The molecule has 3 amide bonds. The van der Waals surface area contributed by atoms with Crippen LogP contribution in [0.4, 0.5) is 25.0 Å². The Balaban J connectivity index is 1.17. The fourth-order valence-electron chi connectivity index (χ4n) is 5.34. The summed E-state index contributed by atoms with van der Waals surface area (Å²) in [4.78, 5) is 33.5. The summed E-state index contributed by atoms with van der Waals surface area (Å²) in [6.07, 6.45) is 4.57. The topological polar surface area (TPSA) is 147 Å². The quantitative estimate of drug-likeness (QED) is 0.271. The van der Waals surface area contributed by atoms with Gasteiger partial charge in [0.25, 0.3) is 5.91 Å². The lowest BCUT2D eigenvalue weighted by Crippen LogP contribution is -2.49. The number of nitrogens with zero attached hydrogens (tertiary/aromatic N) is 3. The van der Waals surface area contributed by atoms with E-state index in [0.717, 1.165) is 62.4 Å². The van der Waals surface area contributed by atoms with Gasteiger partial charge >= 0.3 is 6.03 Å². The first-order chi connectivity index (χ1) is 21.3. The summed E-state index contributed by atoms with van der Waals surface area (Å²) in [5.41, 5.74) is 6.71. The number of carbonyl (C=O) groups excluding carboxylic acids is 2. The summed E-state index contributed by atoms with van der Waals surface area (Å²) >= 11 is 0. The SMILES string of the molecule is Cc1nc(Oc2ccc(NS(C)(=O)=O)cc2)ccc1CN1CCC(N(CC2CC2)C(=O)Nc2cc(C(N)=O)c(F)cc2F)CC1. The Morgan fingerprint density at radius 2 is 1.73 bits per heavy atom. The number of likely N-dealkylation sites (tertiary alicyclic amines) is 1. The molecule has 2 aromatic carbocycles. The normalized spacial score (nSPS) is 15.8. The smallest absolute Gasteiger partial charge is 0.322 e. The lowest BCUT2D eigenvalue weighted by Gasteiger charge is -2.38. The van der Waals surface area contributed by atoms with E-state index in [1.54, 1.807) is 35.2 Å². The molecule has 0 unspecified atom stereocenters. The molecule has 0 bridgehead atoms. The molecule has 14 heteroatoms. The molecule has 1 saturated heterocycles. The van der Waals surface area contributed by atoms with E-state index in [1.807, 2.05) is 13.0 Å². The number of aromatic nitrogens is 1. The summed E-state index contributed by atoms with van der Waals surface area (Å²) < 4.78 is 59.5. The van der Waals surface area contributed by atoms with E-state index >= 15 is 0 Å². The number of nitrogens with one attached hydrogen (secondary N) is 2. The molecule has 1 saturated carbocycles. The van der Waals surface area contributed by atoms with Crippen LogP contribution in [0.15, 0.2) is 48.5 Å². The van der Waals surface area contributed by atoms with Gasteiger partial charge in [0.05, 0.1) is 17.5 Å². The van der Waals surface area contributed by atoms with Crippen LogP contribution in [0, 0.1) is 24.5 Å². The maximum atomic E-state index is 14.5. The van der Waals surface area contributed by atoms with Gasteiger partial charge in [0.15, 0.2) is 0 Å². The van der Waals surface area contributed by atoms with Gasteiger partial charge < -0.3 is 20.7 Å². The van der Waals surface area contributed by atoms with Gasteiger partial charge in [0.1, 0.15) is 17.4 Å². The number of carbonyl (C=O) groups is 2. The summed E-state index contributed by atoms with van der Waals surface area (Å²) in [7, 11) is -3.37. The number of halogens is 2. The van der Waals surface area contributed by atoms with E-state index in [-0.39, 0.29) is 11.7 Å². The standard InChI is InChI=1S/C31H36F2N6O5S/c1-19-21(5-10-29(35-19)44-24-8-6-22(7-9-24)37-45(2,42)43)18-38-13-11-23(12-14-38)39(17-20-3-4-20)31(41)36-28-15-25(30(34)40)26(32)16-27(28)33/h5-10,15-16,20,23,37H,3-4,11-14,17-18H2,1-2H3,(H2,34,40)(H,36,41). The summed E-state index contributed by atoms with van der Waals surface area (Å²) in [6, 6.07) is 11.2. The van der Waals surface area contributed by atoms with Crippen molar-refractivity contribution in [3.63, 3.8) is 0 Å². The molecule has 1 aromatic heterocycles. The van der Waals surface area contributed by atoms with Gasteiger partial charge in [-0.15, -0.1) is 0 Å². The van der Waals surface area contributed by atoms with Gasteiger partial charge in [-0.2, -0.15) is 0 Å². The van der Waals surface area contributed by atoms with Crippen molar-refractivity contribution in [1.29, 1.82) is 0 Å². The van der Waals surface area contributed by atoms with Gasteiger partial charge in [-0.05, 0) is 74.4 Å². The molecule has 4 N–H and O–H groups in total. The van der Waals surface area contributed by atoms with Crippen LogP contribution in [0.25, 0.3) is 0 Å². The molecule has 240 valence electrons. The molecule has 11 nitrogen and oxygen atoms in total. The molecular weight excluding hydrogens is 606 g/mol. The number of anilines is 2. The second-order valence-electron chi connectivity index (χ2n) is 11.6. The zero-order valence-electron chi connectivity index (χ0n) is 25.1. The number of sulfonamides is 1. The number of hydrogen-bond acceptors (Lipinski definition) is 7. The van der Waals surface area contributed by atoms with E-state index in [9.17, 15) is 26.8 Å². The molecule has 1 aliphatic carbocycles. The monoisotopic (exact) mass is 642 g/mol. The van der Waals surface area contributed by atoms with Gasteiger partial charge in [-0.1, -0.05) is 6.07 Å². The number of primary amides is 1. The number of hydrogen-bond donors (Lipinski definition) is 3. The number of rotatable bonds is 11. The summed E-state index contributed by atoms with van der Waals surface area (Å²) in [5.74, 6) is -1.78. The number of benzene rings is 2. The predicted octanol–water partition coefficient (Wildman–Crippen LogP) is 4.84. The maximum Gasteiger partial charge on any atom is 0.322 e. The molecule has 3 aromatic rings. The van der Waals surface area contributed by atoms with Crippen molar-refractivity contribution in [3.8, 4) is 11.6 Å². The number of amides is 3. The van der Waals surface area contributed by atoms with Gasteiger partial charge in [0.2, 0.25) is 15.9 Å². The summed E-state index contributed by atoms with van der Waals surface area (Å²) in [5, 5.41) is 2.53. The Morgan fingerprint density at radius 3 is 2.33 bits per heavy atom. The van der Waals surface area contributed by atoms with Crippen LogP contribution >= 0.6 is 0 Å². The number of ether oxygens (including phenoxy) is 1. The average molecular weight is 643 g/mol. The van der Waals surface area contributed by atoms with E-state index < -0.39 is 39.2 Å². The molecule has 1 aliphatic heterocycles. The zero-order valence-corrected chi connectivity index (χ0v) is 25.9. The molecule has 5 rings (SSSR count). The molecule has 2 aliphatic rings. The first kappa shape index (κ1) is 32.1. The van der Waals surface area contributed by atoms with Crippen LogP contribution in [0.5, 0.6) is 11.6 Å². The fraction of sp³-hybridized carbons (Fsp3) is 0.387. The molecule has 2 heterocycles. The molecular formula is C31H36F2N6O5S. The van der Waals surface area contributed by atoms with Gasteiger partial charge in [-0.3, -0.25) is 14.4 Å². The van der Waals surface area contributed by atoms with Crippen molar-refractivity contribution in [2.75, 3.05) is 35.9 Å². The first-order valence-electron chi connectivity index (χ1n) is 14.7. The molecule has 0 spiro atoms. The highest BCUT2D eigenvalue weighted by Crippen LogP contribution is 2.33. The van der Waals surface area contributed by atoms with Gasteiger partial charge in [0, 0.05) is 55.7 Å². The number of pyridine rings is 1. The zero-order chi connectivity index (χ0) is 32.3. The third kappa shape index (κ3) is 8.66. The first-order valence-corrected chi connectivity index (χ1v) is 16.5.